The van der Waals surface area contributed by atoms with Crippen LogP contribution in [0, 0.1) is 0 Å². The summed E-state index contributed by atoms with van der Waals surface area (Å²) in [4.78, 5) is 3.66. The van der Waals surface area contributed by atoms with Crippen molar-refractivity contribution in [3.8, 4) is 0 Å². The molecule has 0 unspecified atom stereocenters. The molecule has 1 aromatic rings. The van der Waals surface area contributed by atoms with E-state index in [1.807, 2.05) is 4.31 Å². The summed E-state index contributed by atoms with van der Waals surface area (Å²) in [5, 5.41) is 3.66. The maximum Gasteiger partial charge on any atom is 0.433 e. The van der Waals surface area contributed by atoms with Crippen molar-refractivity contribution < 1.29 is 13.2 Å². The van der Waals surface area contributed by atoms with Crippen LogP contribution in [0.1, 0.15) is 5.69 Å². The lowest BCUT2D eigenvalue weighted by atomic mass is 10.2. The van der Waals surface area contributed by atoms with Gasteiger partial charge in [-0.2, -0.15) is 13.2 Å². The number of halogens is 3. The van der Waals surface area contributed by atoms with Crippen LogP contribution in [0.2, 0.25) is 0 Å². The van der Waals surface area contributed by atoms with Crippen molar-refractivity contribution in [2.45, 2.75) is 11.2 Å². The highest BCUT2D eigenvalue weighted by atomic mass is 32.2. The SMILES string of the molecule is FC(F)(F)c1cccc(SN2CC3=C(CNC3)C2)n1. The Bertz CT molecular complexity index is 511. The summed E-state index contributed by atoms with van der Waals surface area (Å²) in [5.74, 6) is 0. The van der Waals surface area contributed by atoms with E-state index in [2.05, 4.69) is 10.3 Å². The van der Waals surface area contributed by atoms with Gasteiger partial charge in [-0.3, -0.25) is 0 Å². The minimum Gasteiger partial charge on any atom is -0.309 e. The molecule has 0 atom stereocenters. The molecule has 102 valence electrons. The lowest BCUT2D eigenvalue weighted by molar-refractivity contribution is -0.141. The first kappa shape index (κ1) is 13.0. The number of pyridine rings is 1. The van der Waals surface area contributed by atoms with Crippen molar-refractivity contribution in [3.63, 3.8) is 0 Å². The zero-order valence-electron chi connectivity index (χ0n) is 10.00. The van der Waals surface area contributed by atoms with Gasteiger partial charge in [-0.25, -0.2) is 9.29 Å². The second-order valence-corrected chi connectivity index (χ2v) is 5.68. The Morgan fingerprint density at radius 3 is 2.47 bits per heavy atom. The van der Waals surface area contributed by atoms with Crippen molar-refractivity contribution in [2.24, 2.45) is 0 Å². The van der Waals surface area contributed by atoms with E-state index in [0.717, 1.165) is 32.2 Å². The Morgan fingerprint density at radius 2 is 1.84 bits per heavy atom. The Balaban J connectivity index is 1.68. The van der Waals surface area contributed by atoms with Gasteiger partial charge in [-0.15, -0.1) is 0 Å². The van der Waals surface area contributed by atoms with E-state index in [0.29, 0.717) is 5.03 Å². The summed E-state index contributed by atoms with van der Waals surface area (Å²) < 4.78 is 39.8. The Hall–Kier alpha value is -1.05. The first-order chi connectivity index (χ1) is 9.02. The average molecular weight is 287 g/mol. The van der Waals surface area contributed by atoms with E-state index >= 15 is 0 Å². The third-order valence-electron chi connectivity index (χ3n) is 3.15. The number of nitrogens with one attached hydrogen (secondary N) is 1. The van der Waals surface area contributed by atoms with Gasteiger partial charge in [-0.1, -0.05) is 6.07 Å². The molecule has 3 rings (SSSR count). The normalized spacial score (nSPS) is 20.2. The fourth-order valence-corrected chi connectivity index (χ4v) is 3.24. The molecule has 7 heteroatoms. The van der Waals surface area contributed by atoms with Crippen LogP contribution in [-0.4, -0.2) is 35.5 Å². The second kappa shape index (κ2) is 4.81. The number of hydrogen-bond donors (Lipinski definition) is 1. The van der Waals surface area contributed by atoms with Crippen LogP contribution in [0.5, 0.6) is 0 Å². The molecule has 0 fully saturated rings. The quantitative estimate of drug-likeness (QED) is 0.667. The van der Waals surface area contributed by atoms with Crippen molar-refractivity contribution in [2.75, 3.05) is 26.2 Å². The number of aromatic nitrogens is 1. The minimum absolute atomic E-state index is 0.393. The van der Waals surface area contributed by atoms with Crippen LogP contribution in [0.3, 0.4) is 0 Å². The first-order valence-electron chi connectivity index (χ1n) is 5.90. The van der Waals surface area contributed by atoms with E-state index in [1.54, 1.807) is 6.07 Å². The zero-order chi connectivity index (χ0) is 13.5. The Morgan fingerprint density at radius 1 is 1.16 bits per heavy atom. The van der Waals surface area contributed by atoms with Crippen LogP contribution in [0.15, 0.2) is 34.4 Å². The molecular formula is C12H12F3N3S. The minimum atomic E-state index is -4.38. The summed E-state index contributed by atoms with van der Waals surface area (Å²) >= 11 is 1.29. The van der Waals surface area contributed by atoms with Crippen LogP contribution < -0.4 is 5.32 Å². The molecule has 0 saturated carbocycles. The molecule has 0 aliphatic carbocycles. The standard InChI is InChI=1S/C12H12F3N3S/c13-12(14,15)10-2-1-3-11(17-10)19-18-6-8-4-16-5-9(8)7-18/h1-3,16H,4-7H2. The summed E-state index contributed by atoms with van der Waals surface area (Å²) in [6.45, 7) is 3.38. The van der Waals surface area contributed by atoms with E-state index in [4.69, 9.17) is 0 Å². The molecule has 0 radical (unpaired) electrons. The number of nitrogens with zero attached hydrogens (tertiary/aromatic N) is 2. The predicted octanol–water partition coefficient (Wildman–Crippen LogP) is 2.32. The molecule has 19 heavy (non-hydrogen) atoms. The smallest absolute Gasteiger partial charge is 0.309 e. The highest BCUT2D eigenvalue weighted by Gasteiger charge is 2.33. The molecule has 3 nitrogen and oxygen atoms in total. The van der Waals surface area contributed by atoms with Gasteiger partial charge >= 0.3 is 6.18 Å². The van der Waals surface area contributed by atoms with Gasteiger partial charge in [0.1, 0.15) is 10.7 Å². The number of hydrogen-bond acceptors (Lipinski definition) is 4. The summed E-state index contributed by atoms with van der Waals surface area (Å²) in [7, 11) is 0. The average Bonchev–Trinajstić information content (AvgIpc) is 2.88. The van der Waals surface area contributed by atoms with Gasteiger partial charge in [0.2, 0.25) is 0 Å². The van der Waals surface area contributed by atoms with Gasteiger partial charge in [0.25, 0.3) is 0 Å². The van der Waals surface area contributed by atoms with E-state index in [9.17, 15) is 13.2 Å². The highest BCUT2D eigenvalue weighted by molar-refractivity contribution is 7.97. The monoisotopic (exact) mass is 287 g/mol. The predicted molar refractivity (Wildman–Crippen MR) is 66.6 cm³/mol. The molecule has 0 spiro atoms. The molecule has 1 aromatic heterocycles. The van der Waals surface area contributed by atoms with Crippen LogP contribution in [-0.2, 0) is 6.18 Å². The number of rotatable bonds is 2. The third kappa shape index (κ3) is 2.77. The van der Waals surface area contributed by atoms with Crippen molar-refractivity contribution in [1.82, 2.24) is 14.6 Å². The van der Waals surface area contributed by atoms with Gasteiger partial charge in [0, 0.05) is 26.2 Å². The first-order valence-corrected chi connectivity index (χ1v) is 6.67. The van der Waals surface area contributed by atoms with Gasteiger partial charge in [-0.05, 0) is 35.2 Å². The maximum absolute atomic E-state index is 12.6. The van der Waals surface area contributed by atoms with Crippen LogP contribution in [0.4, 0.5) is 13.2 Å². The fourth-order valence-electron chi connectivity index (χ4n) is 2.25. The lowest BCUT2D eigenvalue weighted by Crippen LogP contribution is -2.21. The van der Waals surface area contributed by atoms with Crippen LogP contribution >= 0.6 is 11.9 Å². The topological polar surface area (TPSA) is 28.2 Å². The Kier molecular flexibility index (Phi) is 3.28. The summed E-state index contributed by atoms with van der Waals surface area (Å²) in [6, 6.07) is 4.01. The maximum atomic E-state index is 12.6. The zero-order valence-corrected chi connectivity index (χ0v) is 10.8. The van der Waals surface area contributed by atoms with Crippen LogP contribution in [0.25, 0.3) is 0 Å². The molecule has 1 N–H and O–H groups in total. The second-order valence-electron chi connectivity index (χ2n) is 4.56. The van der Waals surface area contributed by atoms with E-state index in [1.165, 1.54) is 29.2 Å². The van der Waals surface area contributed by atoms with E-state index in [-0.39, 0.29) is 0 Å². The Labute approximate surface area is 113 Å². The molecule has 2 aliphatic rings. The molecule has 0 bridgehead atoms. The highest BCUT2D eigenvalue weighted by Crippen LogP contribution is 2.32. The number of alkyl halides is 3. The van der Waals surface area contributed by atoms with E-state index < -0.39 is 11.9 Å². The van der Waals surface area contributed by atoms with Crippen molar-refractivity contribution in [3.05, 3.63) is 35.0 Å². The molecular weight excluding hydrogens is 275 g/mol. The van der Waals surface area contributed by atoms with Gasteiger partial charge in [0.05, 0.1) is 0 Å². The molecule has 0 aromatic carbocycles. The lowest BCUT2D eigenvalue weighted by Gasteiger charge is -2.16. The third-order valence-corrected chi connectivity index (χ3v) is 4.08. The molecule has 0 saturated heterocycles. The molecule has 3 heterocycles. The van der Waals surface area contributed by atoms with Crippen molar-refractivity contribution in [1.29, 1.82) is 0 Å². The van der Waals surface area contributed by atoms with Crippen molar-refractivity contribution >= 4 is 11.9 Å². The largest absolute Gasteiger partial charge is 0.433 e. The molecule has 2 aliphatic heterocycles. The van der Waals surface area contributed by atoms with Gasteiger partial charge in [0.15, 0.2) is 0 Å². The fraction of sp³-hybridized carbons (Fsp3) is 0.417. The van der Waals surface area contributed by atoms with Gasteiger partial charge < -0.3 is 5.32 Å². The molecule has 0 amide bonds. The summed E-state index contributed by atoms with van der Waals surface area (Å²) in [6.07, 6.45) is -4.38. The summed E-state index contributed by atoms with van der Waals surface area (Å²) in [5.41, 5.74) is 1.89.